The smallest absolute Gasteiger partial charge is 0.237 e. The number of carbonyl (C=O) groups is 1. The van der Waals surface area contributed by atoms with E-state index in [-0.39, 0.29) is 30.4 Å². The maximum absolute atomic E-state index is 12.9. The summed E-state index contributed by atoms with van der Waals surface area (Å²) in [5.74, 6) is 0.854. The molecule has 0 bridgehead atoms. The zero-order valence-electron chi connectivity index (χ0n) is 17.0. The van der Waals surface area contributed by atoms with Gasteiger partial charge in [0.05, 0.1) is 12.1 Å². The number of aryl methyl sites for hydroxylation is 1. The number of rotatable bonds is 6. The number of halogens is 1. The van der Waals surface area contributed by atoms with Crippen LogP contribution in [0.2, 0.25) is 0 Å². The highest BCUT2D eigenvalue weighted by Crippen LogP contribution is 2.33. The maximum Gasteiger partial charge on any atom is 0.237 e. The molecular weight excluding hydrogens is 370 g/mol. The number of amides is 1. The molecule has 1 amide bonds. The van der Waals surface area contributed by atoms with Crippen LogP contribution in [0.25, 0.3) is 0 Å². The number of nitrogens with two attached hydrogens (primary N) is 1. The van der Waals surface area contributed by atoms with E-state index < -0.39 is 0 Å². The van der Waals surface area contributed by atoms with Gasteiger partial charge in [-0.15, -0.1) is 12.4 Å². The van der Waals surface area contributed by atoms with Crippen LogP contribution in [0.3, 0.4) is 0 Å². The first-order valence-electron chi connectivity index (χ1n) is 9.86. The average Bonchev–Trinajstić information content (AvgIpc) is 3.12. The van der Waals surface area contributed by atoms with E-state index in [1.807, 2.05) is 32.0 Å². The van der Waals surface area contributed by atoms with Crippen LogP contribution in [0.1, 0.15) is 42.5 Å². The van der Waals surface area contributed by atoms with E-state index in [4.69, 9.17) is 5.73 Å². The van der Waals surface area contributed by atoms with Crippen molar-refractivity contribution in [3.63, 3.8) is 0 Å². The molecule has 0 saturated carbocycles. The summed E-state index contributed by atoms with van der Waals surface area (Å²) in [6, 6.07) is 18.6. The lowest BCUT2D eigenvalue weighted by Gasteiger charge is -2.26. The van der Waals surface area contributed by atoms with Crippen LogP contribution in [0, 0.1) is 12.8 Å². The highest BCUT2D eigenvalue weighted by molar-refractivity contribution is 5.85. The Labute approximate surface area is 174 Å². The number of carbonyl (C=O) groups excluding carboxylic acids is 1. The molecule has 28 heavy (non-hydrogen) atoms. The fraction of sp³-hybridized carbons (Fsp3) is 0.435. The molecule has 1 aliphatic rings. The van der Waals surface area contributed by atoms with Crippen LogP contribution in [0.5, 0.6) is 0 Å². The molecule has 1 heterocycles. The fourth-order valence-corrected chi connectivity index (χ4v) is 4.19. The van der Waals surface area contributed by atoms with Gasteiger partial charge in [0.15, 0.2) is 0 Å². The zero-order valence-corrected chi connectivity index (χ0v) is 17.8. The molecule has 3 rings (SSSR count). The number of nitrogens with one attached hydrogen (secondary N) is 1. The summed E-state index contributed by atoms with van der Waals surface area (Å²) >= 11 is 0. The molecule has 1 saturated heterocycles. The second kappa shape index (κ2) is 10.1. The fourth-order valence-electron chi connectivity index (χ4n) is 4.19. The lowest BCUT2D eigenvalue weighted by molar-refractivity contribution is -0.126. The van der Waals surface area contributed by atoms with Crippen molar-refractivity contribution in [1.82, 2.24) is 10.2 Å². The third kappa shape index (κ3) is 4.93. The van der Waals surface area contributed by atoms with E-state index in [1.54, 1.807) is 0 Å². The van der Waals surface area contributed by atoms with Gasteiger partial charge in [0.25, 0.3) is 0 Å². The van der Waals surface area contributed by atoms with Crippen molar-refractivity contribution < 1.29 is 4.79 Å². The Kier molecular flexibility index (Phi) is 8.05. The first-order valence-corrected chi connectivity index (χ1v) is 9.86. The molecule has 0 aliphatic carbocycles. The van der Waals surface area contributed by atoms with Gasteiger partial charge < -0.3 is 11.1 Å². The Morgan fingerprint density at radius 1 is 1.11 bits per heavy atom. The van der Waals surface area contributed by atoms with Gasteiger partial charge in [-0.1, -0.05) is 54.6 Å². The molecule has 5 heteroatoms. The molecule has 2 aromatic rings. The quantitative estimate of drug-likeness (QED) is 0.776. The number of hydrogen-bond acceptors (Lipinski definition) is 3. The Hall–Kier alpha value is -1.88. The molecule has 0 aromatic heterocycles. The summed E-state index contributed by atoms with van der Waals surface area (Å²) in [7, 11) is 0. The molecule has 1 fully saturated rings. The Morgan fingerprint density at radius 2 is 1.75 bits per heavy atom. The van der Waals surface area contributed by atoms with Crippen LogP contribution >= 0.6 is 12.4 Å². The second-order valence-electron chi connectivity index (χ2n) is 7.73. The van der Waals surface area contributed by atoms with Crippen molar-refractivity contribution in [2.45, 2.75) is 38.8 Å². The van der Waals surface area contributed by atoms with Crippen LogP contribution < -0.4 is 11.1 Å². The summed E-state index contributed by atoms with van der Waals surface area (Å²) in [5, 5.41) is 3.19. The number of likely N-dealkylation sites (tertiary alicyclic amines) is 1. The van der Waals surface area contributed by atoms with E-state index in [1.165, 1.54) is 16.7 Å². The van der Waals surface area contributed by atoms with Gasteiger partial charge in [0.1, 0.15) is 0 Å². The monoisotopic (exact) mass is 401 g/mol. The maximum atomic E-state index is 12.9. The predicted octanol–water partition coefficient (Wildman–Crippen LogP) is 3.66. The van der Waals surface area contributed by atoms with Crippen LogP contribution in [-0.2, 0) is 4.79 Å². The topological polar surface area (TPSA) is 58.4 Å². The van der Waals surface area contributed by atoms with E-state index in [0.29, 0.717) is 18.4 Å². The van der Waals surface area contributed by atoms with E-state index in [0.717, 1.165) is 13.1 Å². The molecule has 4 atom stereocenters. The largest absolute Gasteiger partial charge is 0.348 e. The van der Waals surface area contributed by atoms with Crippen molar-refractivity contribution in [1.29, 1.82) is 0 Å². The minimum absolute atomic E-state index is 0. The van der Waals surface area contributed by atoms with Crippen molar-refractivity contribution >= 4 is 18.3 Å². The van der Waals surface area contributed by atoms with Crippen molar-refractivity contribution in [3.05, 3.63) is 71.3 Å². The van der Waals surface area contributed by atoms with E-state index in [9.17, 15) is 4.79 Å². The normalized spacial score (nSPS) is 21.6. The molecule has 152 valence electrons. The number of hydrogen-bond donors (Lipinski definition) is 2. The third-order valence-corrected chi connectivity index (χ3v) is 5.94. The highest BCUT2D eigenvalue weighted by Gasteiger charge is 2.37. The first-order chi connectivity index (χ1) is 13.0. The average molecular weight is 402 g/mol. The zero-order chi connectivity index (χ0) is 19.4. The molecule has 0 radical (unpaired) electrons. The van der Waals surface area contributed by atoms with Gasteiger partial charge in [0, 0.05) is 19.0 Å². The first kappa shape index (κ1) is 22.4. The van der Waals surface area contributed by atoms with Gasteiger partial charge in [-0.3, -0.25) is 9.69 Å². The molecule has 4 nitrogen and oxygen atoms in total. The molecule has 2 unspecified atom stereocenters. The van der Waals surface area contributed by atoms with Gasteiger partial charge in [0.2, 0.25) is 5.91 Å². The summed E-state index contributed by atoms with van der Waals surface area (Å²) in [6.45, 7) is 8.51. The van der Waals surface area contributed by atoms with E-state index in [2.05, 4.69) is 53.5 Å². The minimum atomic E-state index is -0.167. The van der Waals surface area contributed by atoms with Gasteiger partial charge >= 0.3 is 0 Å². The van der Waals surface area contributed by atoms with Crippen molar-refractivity contribution in [2.24, 2.45) is 11.7 Å². The van der Waals surface area contributed by atoms with Gasteiger partial charge in [-0.05, 0) is 49.9 Å². The predicted molar refractivity (Wildman–Crippen MR) is 118 cm³/mol. The van der Waals surface area contributed by atoms with Crippen molar-refractivity contribution in [2.75, 3.05) is 19.6 Å². The molecule has 0 spiro atoms. The minimum Gasteiger partial charge on any atom is -0.348 e. The standard InChI is InChI=1S/C23H31N3O.ClH/c1-16-9-7-8-12-21(16)17(2)25-23(27)18(3)26-14-20(13-24)22(15-26)19-10-5-4-6-11-19;/h4-12,17-18,20,22H,13-15,24H2,1-3H3,(H,25,27);1H/t17?,18?,20-,22+;/m1./s1. The Bertz CT molecular complexity index is 767. The van der Waals surface area contributed by atoms with Gasteiger partial charge in [-0.25, -0.2) is 0 Å². The number of benzene rings is 2. The number of nitrogens with zero attached hydrogens (tertiary/aromatic N) is 1. The summed E-state index contributed by atoms with van der Waals surface area (Å²) in [4.78, 5) is 15.2. The molecule has 2 aromatic carbocycles. The lowest BCUT2D eigenvalue weighted by atomic mass is 9.89. The SMILES string of the molecule is Cc1ccccc1C(C)NC(=O)C(C)N1C[C@@H](CN)[C@H](c2ccccc2)C1.Cl. The molecule has 3 N–H and O–H groups in total. The Morgan fingerprint density at radius 3 is 2.39 bits per heavy atom. The van der Waals surface area contributed by atoms with Crippen molar-refractivity contribution in [3.8, 4) is 0 Å². The second-order valence-corrected chi connectivity index (χ2v) is 7.73. The van der Waals surface area contributed by atoms with Crippen LogP contribution in [0.15, 0.2) is 54.6 Å². The van der Waals surface area contributed by atoms with Crippen LogP contribution in [0.4, 0.5) is 0 Å². The Balaban J connectivity index is 0.00000280. The van der Waals surface area contributed by atoms with Crippen LogP contribution in [-0.4, -0.2) is 36.5 Å². The highest BCUT2D eigenvalue weighted by atomic mass is 35.5. The third-order valence-electron chi connectivity index (χ3n) is 5.94. The van der Waals surface area contributed by atoms with Gasteiger partial charge in [-0.2, -0.15) is 0 Å². The molecular formula is C23H32ClN3O. The summed E-state index contributed by atoms with van der Waals surface area (Å²) in [6.07, 6.45) is 0. The van der Waals surface area contributed by atoms with E-state index >= 15 is 0 Å². The summed E-state index contributed by atoms with van der Waals surface area (Å²) < 4.78 is 0. The lowest BCUT2D eigenvalue weighted by Crippen LogP contribution is -2.45. The molecule has 1 aliphatic heterocycles. The summed E-state index contributed by atoms with van der Waals surface area (Å²) in [5.41, 5.74) is 9.73.